The van der Waals surface area contributed by atoms with Crippen molar-refractivity contribution >= 4 is 22.4 Å². The first-order valence-corrected chi connectivity index (χ1v) is 7.64. The van der Waals surface area contributed by atoms with Crippen molar-refractivity contribution in [1.29, 1.82) is 0 Å². The molecule has 0 aromatic heterocycles. The molecule has 2 aromatic rings. The number of alkyl halides is 4. The first kappa shape index (κ1) is 16.7. The van der Waals surface area contributed by atoms with Crippen LogP contribution in [0, 0.1) is 0 Å². The molecule has 3 nitrogen and oxygen atoms in total. The zero-order valence-electron chi connectivity index (χ0n) is 12.7. The smallest absolute Gasteiger partial charge is 0.320 e. The normalized spacial score (nSPS) is 16.5. The van der Waals surface area contributed by atoms with Gasteiger partial charge in [0.2, 0.25) is 0 Å². The largest absolute Gasteiger partial charge is 0.400 e. The number of carbonyl (C=O) groups excluding carboxylic acids is 1. The first-order valence-electron chi connectivity index (χ1n) is 7.64. The number of hydrogen-bond donors (Lipinski definition) is 1. The molecule has 1 aliphatic rings. The molecule has 0 atom stereocenters. The van der Waals surface area contributed by atoms with Crippen LogP contribution in [0.5, 0.6) is 0 Å². The zero-order valence-corrected chi connectivity index (χ0v) is 12.7. The molecule has 1 fully saturated rings. The van der Waals surface area contributed by atoms with Crippen molar-refractivity contribution in [3.63, 3.8) is 0 Å². The summed E-state index contributed by atoms with van der Waals surface area (Å²) in [6.07, 6.45) is 0.827. The third kappa shape index (κ3) is 2.73. The molecule has 2 aromatic carbocycles. The van der Waals surface area contributed by atoms with Gasteiger partial charge in [0.25, 0.3) is 0 Å². The minimum Gasteiger partial charge on any atom is -0.320 e. The molecule has 1 amide bonds. The monoisotopic (exact) mass is 340 g/mol. The molecule has 1 heterocycles. The lowest BCUT2D eigenvalue weighted by Gasteiger charge is -2.32. The summed E-state index contributed by atoms with van der Waals surface area (Å²) in [5.74, 6) is -6.83. The van der Waals surface area contributed by atoms with E-state index >= 15 is 0 Å². The molecular weight excluding hydrogens is 324 g/mol. The molecule has 0 radical (unpaired) electrons. The number of benzene rings is 2. The molecule has 3 rings (SSSR count). The van der Waals surface area contributed by atoms with Crippen LogP contribution in [0.4, 0.5) is 23.2 Å². The molecule has 0 spiro atoms. The van der Waals surface area contributed by atoms with Crippen LogP contribution in [0.1, 0.15) is 12.8 Å². The van der Waals surface area contributed by atoms with Gasteiger partial charge in [-0.2, -0.15) is 17.6 Å². The van der Waals surface area contributed by atoms with E-state index in [9.17, 15) is 22.4 Å². The number of nitrogens with one attached hydrogen (secondary N) is 1. The standard InChI is InChI=1S/C17H16F4N2O/c18-16(19,17(20,21)23-10-3-4-11-23)15(24)22-14-9-5-7-12-6-1-2-8-13(12)14/h1-2,5-9H,3-4,10-11H2,(H,22,24). The Hall–Kier alpha value is -2.15. The summed E-state index contributed by atoms with van der Waals surface area (Å²) in [7, 11) is 0. The molecule has 0 aliphatic carbocycles. The molecule has 0 unspecified atom stereocenters. The average molecular weight is 340 g/mol. The maximum Gasteiger partial charge on any atom is 0.400 e. The fourth-order valence-corrected chi connectivity index (χ4v) is 2.87. The maximum atomic E-state index is 14.1. The molecule has 0 saturated carbocycles. The summed E-state index contributed by atoms with van der Waals surface area (Å²) in [5.41, 5.74) is 0.0787. The minimum atomic E-state index is -4.83. The lowest BCUT2D eigenvalue weighted by atomic mass is 10.1. The van der Waals surface area contributed by atoms with E-state index in [0.717, 1.165) is 0 Å². The lowest BCUT2D eigenvalue weighted by Crippen LogP contribution is -2.58. The van der Waals surface area contributed by atoms with Gasteiger partial charge >= 0.3 is 17.9 Å². The Morgan fingerprint density at radius 2 is 1.58 bits per heavy atom. The third-order valence-corrected chi connectivity index (χ3v) is 4.20. The van der Waals surface area contributed by atoms with Crippen molar-refractivity contribution < 1.29 is 22.4 Å². The quantitative estimate of drug-likeness (QED) is 0.671. The summed E-state index contributed by atoms with van der Waals surface area (Å²) in [5, 5.41) is 3.18. The van der Waals surface area contributed by atoms with Crippen LogP contribution in [0.25, 0.3) is 10.8 Å². The van der Waals surface area contributed by atoms with Crippen LogP contribution in [0.15, 0.2) is 42.5 Å². The second-order valence-corrected chi connectivity index (χ2v) is 5.79. The van der Waals surface area contributed by atoms with Crippen LogP contribution in [0.2, 0.25) is 0 Å². The maximum absolute atomic E-state index is 14.1. The number of nitrogens with zero attached hydrogens (tertiary/aromatic N) is 1. The van der Waals surface area contributed by atoms with E-state index in [4.69, 9.17) is 0 Å². The van der Waals surface area contributed by atoms with Crippen molar-refractivity contribution in [3.8, 4) is 0 Å². The number of anilines is 1. The van der Waals surface area contributed by atoms with E-state index in [1.54, 1.807) is 36.4 Å². The van der Waals surface area contributed by atoms with Gasteiger partial charge in [0.1, 0.15) is 0 Å². The van der Waals surface area contributed by atoms with Gasteiger partial charge in [0.15, 0.2) is 0 Å². The molecule has 128 valence electrons. The summed E-state index contributed by atoms with van der Waals surface area (Å²) >= 11 is 0. The summed E-state index contributed by atoms with van der Waals surface area (Å²) in [6.45, 7) is -0.297. The van der Waals surface area contributed by atoms with E-state index in [0.29, 0.717) is 28.5 Å². The van der Waals surface area contributed by atoms with E-state index in [1.807, 2.05) is 5.32 Å². The first-order chi connectivity index (χ1) is 11.3. The van der Waals surface area contributed by atoms with Crippen molar-refractivity contribution in [1.82, 2.24) is 4.90 Å². The number of hydrogen-bond acceptors (Lipinski definition) is 2. The van der Waals surface area contributed by atoms with Crippen molar-refractivity contribution in [2.75, 3.05) is 18.4 Å². The summed E-state index contributed by atoms with van der Waals surface area (Å²) in [4.78, 5) is 12.3. The van der Waals surface area contributed by atoms with Gasteiger partial charge < -0.3 is 5.32 Å². The zero-order chi connectivity index (χ0) is 17.4. The number of fused-ring (bicyclic) bond motifs is 1. The van der Waals surface area contributed by atoms with Crippen LogP contribution < -0.4 is 5.32 Å². The van der Waals surface area contributed by atoms with Crippen LogP contribution in [-0.2, 0) is 4.79 Å². The highest BCUT2D eigenvalue weighted by Gasteiger charge is 2.65. The topological polar surface area (TPSA) is 32.3 Å². The fourth-order valence-electron chi connectivity index (χ4n) is 2.87. The molecule has 7 heteroatoms. The SMILES string of the molecule is O=C(Nc1cccc2ccccc12)C(F)(F)C(F)(F)N1CCCC1. The Morgan fingerprint density at radius 1 is 0.958 bits per heavy atom. The molecule has 24 heavy (non-hydrogen) atoms. The molecular formula is C17H16F4N2O. The van der Waals surface area contributed by atoms with Crippen LogP contribution in [0.3, 0.4) is 0 Å². The average Bonchev–Trinajstić information content (AvgIpc) is 3.10. The van der Waals surface area contributed by atoms with Gasteiger partial charge in [-0.3, -0.25) is 4.79 Å². The summed E-state index contributed by atoms with van der Waals surface area (Å²) in [6, 6.07) is 6.99. The molecule has 1 N–H and O–H groups in total. The van der Waals surface area contributed by atoms with Crippen molar-refractivity contribution in [3.05, 3.63) is 42.5 Å². The number of rotatable bonds is 4. The number of carbonyl (C=O) groups is 1. The number of halogens is 4. The predicted octanol–water partition coefficient (Wildman–Crippen LogP) is 4.10. The second-order valence-electron chi connectivity index (χ2n) is 5.79. The number of amides is 1. The fraction of sp³-hybridized carbons (Fsp3) is 0.353. The Bertz CT molecular complexity index is 752. The highest BCUT2D eigenvalue weighted by atomic mass is 19.3. The van der Waals surface area contributed by atoms with Crippen LogP contribution >= 0.6 is 0 Å². The van der Waals surface area contributed by atoms with Gasteiger partial charge in [0.05, 0.1) is 0 Å². The van der Waals surface area contributed by atoms with Gasteiger partial charge in [-0.05, 0) is 24.3 Å². The van der Waals surface area contributed by atoms with E-state index in [2.05, 4.69) is 0 Å². The lowest BCUT2D eigenvalue weighted by molar-refractivity contribution is -0.266. The van der Waals surface area contributed by atoms with Crippen molar-refractivity contribution in [2.24, 2.45) is 0 Å². The third-order valence-electron chi connectivity index (χ3n) is 4.20. The summed E-state index contributed by atoms with van der Waals surface area (Å²) < 4.78 is 56.4. The predicted molar refractivity (Wildman–Crippen MR) is 83.3 cm³/mol. The molecule has 1 saturated heterocycles. The van der Waals surface area contributed by atoms with E-state index in [1.165, 1.54) is 6.07 Å². The number of likely N-dealkylation sites (tertiary alicyclic amines) is 1. The highest BCUT2D eigenvalue weighted by Crippen LogP contribution is 2.40. The van der Waals surface area contributed by atoms with Crippen LogP contribution in [-0.4, -0.2) is 35.9 Å². The second kappa shape index (κ2) is 6.05. The Balaban J connectivity index is 1.87. The van der Waals surface area contributed by atoms with E-state index < -0.39 is 17.9 Å². The van der Waals surface area contributed by atoms with Gasteiger partial charge in [-0.15, -0.1) is 0 Å². The van der Waals surface area contributed by atoms with Gasteiger partial charge in [0, 0.05) is 24.2 Å². The van der Waals surface area contributed by atoms with E-state index in [-0.39, 0.29) is 18.8 Å². The molecule has 1 aliphatic heterocycles. The highest BCUT2D eigenvalue weighted by molar-refractivity contribution is 6.04. The van der Waals surface area contributed by atoms with Crippen molar-refractivity contribution in [2.45, 2.75) is 24.8 Å². The minimum absolute atomic E-state index is 0.0787. The van der Waals surface area contributed by atoms with Gasteiger partial charge in [-0.25, -0.2) is 4.90 Å². The Morgan fingerprint density at radius 3 is 2.29 bits per heavy atom. The van der Waals surface area contributed by atoms with Gasteiger partial charge in [-0.1, -0.05) is 36.4 Å². The molecule has 0 bridgehead atoms. The Labute approximate surface area is 136 Å². The Kier molecular flexibility index (Phi) is 4.21.